The average molecular weight is 216 g/mol. The zero-order valence-electron chi connectivity index (χ0n) is 9.37. The van der Waals surface area contributed by atoms with Crippen LogP contribution in [0, 0.1) is 0 Å². The summed E-state index contributed by atoms with van der Waals surface area (Å²) in [6.45, 7) is 0. The summed E-state index contributed by atoms with van der Waals surface area (Å²) in [5, 5.41) is 9.92. The maximum absolute atomic E-state index is 9.92. The van der Waals surface area contributed by atoms with Gasteiger partial charge in [0, 0.05) is 13.2 Å². The highest BCUT2D eigenvalue weighted by Gasteiger charge is 2.09. The first-order valence-corrected chi connectivity index (χ1v) is 5.45. The normalized spacial score (nSPS) is 12.6. The highest BCUT2D eigenvalue weighted by molar-refractivity contribution is 5.15. The zero-order valence-corrected chi connectivity index (χ0v) is 9.37. The summed E-state index contributed by atoms with van der Waals surface area (Å²) in [5.41, 5.74) is 2.00. The van der Waals surface area contributed by atoms with Crippen molar-refractivity contribution in [1.29, 1.82) is 0 Å². The number of imidazole rings is 1. The van der Waals surface area contributed by atoms with Crippen molar-refractivity contribution in [3.05, 3.63) is 54.1 Å². The molecule has 0 aliphatic carbocycles. The number of benzene rings is 1. The van der Waals surface area contributed by atoms with Crippen LogP contribution >= 0.6 is 0 Å². The van der Waals surface area contributed by atoms with Crippen LogP contribution in [0.2, 0.25) is 0 Å². The molecule has 1 atom stereocenters. The molecule has 0 fully saturated rings. The standard InChI is InChI=1S/C13H16N2O/c1-15-9-12(14-10-15)13(16)8-7-11-5-3-2-4-6-11/h2-6,9-10,13,16H,7-8H2,1H3. The van der Waals surface area contributed by atoms with Gasteiger partial charge in [0.05, 0.1) is 18.1 Å². The van der Waals surface area contributed by atoms with Crippen LogP contribution in [-0.2, 0) is 13.5 Å². The van der Waals surface area contributed by atoms with Crippen molar-refractivity contribution in [2.45, 2.75) is 18.9 Å². The van der Waals surface area contributed by atoms with Gasteiger partial charge in [-0.25, -0.2) is 4.98 Å². The van der Waals surface area contributed by atoms with E-state index >= 15 is 0 Å². The largest absolute Gasteiger partial charge is 0.387 e. The van der Waals surface area contributed by atoms with E-state index in [1.165, 1.54) is 5.56 Å². The summed E-state index contributed by atoms with van der Waals surface area (Å²) in [6.07, 6.45) is 4.68. The van der Waals surface area contributed by atoms with Gasteiger partial charge in [-0.1, -0.05) is 30.3 Å². The lowest BCUT2D eigenvalue weighted by Crippen LogP contribution is -2.00. The number of aliphatic hydroxyl groups excluding tert-OH is 1. The minimum absolute atomic E-state index is 0.471. The molecule has 1 aromatic carbocycles. The molecule has 3 heteroatoms. The fourth-order valence-electron chi connectivity index (χ4n) is 1.70. The van der Waals surface area contributed by atoms with Gasteiger partial charge in [-0.3, -0.25) is 0 Å². The summed E-state index contributed by atoms with van der Waals surface area (Å²) >= 11 is 0. The minimum Gasteiger partial charge on any atom is -0.387 e. The van der Waals surface area contributed by atoms with Crippen LogP contribution in [0.3, 0.4) is 0 Å². The molecule has 16 heavy (non-hydrogen) atoms. The molecule has 1 N–H and O–H groups in total. The van der Waals surface area contributed by atoms with Crippen LogP contribution in [0.15, 0.2) is 42.9 Å². The van der Waals surface area contributed by atoms with Crippen LogP contribution in [-0.4, -0.2) is 14.7 Å². The SMILES string of the molecule is Cn1cnc(C(O)CCc2ccccc2)c1. The number of rotatable bonds is 4. The Bertz CT molecular complexity index is 436. The van der Waals surface area contributed by atoms with Crippen LogP contribution in [0.25, 0.3) is 0 Å². The van der Waals surface area contributed by atoms with Gasteiger partial charge in [0.25, 0.3) is 0 Å². The predicted molar refractivity (Wildman–Crippen MR) is 62.9 cm³/mol. The Morgan fingerprint density at radius 3 is 2.69 bits per heavy atom. The third-order valence-electron chi connectivity index (χ3n) is 2.62. The Morgan fingerprint density at radius 2 is 2.06 bits per heavy atom. The molecule has 0 aliphatic heterocycles. The van der Waals surface area contributed by atoms with Crippen LogP contribution in [0.5, 0.6) is 0 Å². The van der Waals surface area contributed by atoms with E-state index in [0.29, 0.717) is 6.42 Å². The van der Waals surface area contributed by atoms with Crippen molar-refractivity contribution in [3.8, 4) is 0 Å². The van der Waals surface area contributed by atoms with Gasteiger partial charge in [-0.2, -0.15) is 0 Å². The summed E-state index contributed by atoms with van der Waals surface area (Å²) < 4.78 is 1.85. The predicted octanol–water partition coefficient (Wildman–Crippen LogP) is 2.09. The number of hydrogen-bond donors (Lipinski definition) is 1. The van der Waals surface area contributed by atoms with E-state index in [2.05, 4.69) is 17.1 Å². The zero-order chi connectivity index (χ0) is 11.4. The molecule has 84 valence electrons. The van der Waals surface area contributed by atoms with E-state index in [4.69, 9.17) is 0 Å². The lowest BCUT2D eigenvalue weighted by atomic mass is 10.1. The minimum atomic E-state index is -0.471. The number of aliphatic hydroxyl groups is 1. The summed E-state index contributed by atoms with van der Waals surface area (Å²) in [7, 11) is 1.90. The fraction of sp³-hybridized carbons (Fsp3) is 0.308. The number of aromatic nitrogens is 2. The third-order valence-corrected chi connectivity index (χ3v) is 2.62. The molecule has 0 amide bonds. The topological polar surface area (TPSA) is 38.0 Å². The molecular formula is C13H16N2O. The first-order chi connectivity index (χ1) is 7.75. The van der Waals surface area contributed by atoms with E-state index in [1.807, 2.05) is 36.0 Å². The Morgan fingerprint density at radius 1 is 1.31 bits per heavy atom. The molecule has 0 spiro atoms. The average Bonchev–Trinajstić information content (AvgIpc) is 2.74. The van der Waals surface area contributed by atoms with Gasteiger partial charge in [-0.05, 0) is 18.4 Å². The monoisotopic (exact) mass is 216 g/mol. The van der Waals surface area contributed by atoms with E-state index in [1.54, 1.807) is 6.33 Å². The van der Waals surface area contributed by atoms with Crippen molar-refractivity contribution in [3.63, 3.8) is 0 Å². The molecule has 1 aromatic heterocycles. The highest BCUT2D eigenvalue weighted by Crippen LogP contribution is 2.16. The van der Waals surface area contributed by atoms with Crippen molar-refractivity contribution < 1.29 is 5.11 Å². The quantitative estimate of drug-likeness (QED) is 0.849. The van der Waals surface area contributed by atoms with Crippen LogP contribution < -0.4 is 0 Å². The number of nitrogens with zero attached hydrogens (tertiary/aromatic N) is 2. The second-order valence-corrected chi connectivity index (χ2v) is 4.00. The molecule has 0 saturated carbocycles. The van der Waals surface area contributed by atoms with Gasteiger partial charge in [0.1, 0.15) is 0 Å². The van der Waals surface area contributed by atoms with Crippen molar-refractivity contribution >= 4 is 0 Å². The number of aryl methyl sites for hydroxylation is 2. The van der Waals surface area contributed by atoms with Gasteiger partial charge in [-0.15, -0.1) is 0 Å². The Balaban J connectivity index is 1.91. The molecule has 3 nitrogen and oxygen atoms in total. The molecule has 2 aromatic rings. The highest BCUT2D eigenvalue weighted by atomic mass is 16.3. The molecule has 0 aliphatic rings. The Labute approximate surface area is 95.4 Å². The lowest BCUT2D eigenvalue weighted by Gasteiger charge is -2.07. The van der Waals surface area contributed by atoms with Crippen molar-refractivity contribution in [2.75, 3.05) is 0 Å². The summed E-state index contributed by atoms with van der Waals surface area (Å²) in [4.78, 5) is 4.14. The second kappa shape index (κ2) is 4.94. The first-order valence-electron chi connectivity index (χ1n) is 5.45. The molecular weight excluding hydrogens is 200 g/mol. The van der Waals surface area contributed by atoms with Gasteiger partial charge in [0.2, 0.25) is 0 Å². The molecule has 0 radical (unpaired) electrons. The van der Waals surface area contributed by atoms with E-state index in [9.17, 15) is 5.11 Å². The number of hydrogen-bond acceptors (Lipinski definition) is 2. The Hall–Kier alpha value is -1.61. The van der Waals surface area contributed by atoms with E-state index in [0.717, 1.165) is 12.1 Å². The van der Waals surface area contributed by atoms with E-state index in [-0.39, 0.29) is 0 Å². The lowest BCUT2D eigenvalue weighted by molar-refractivity contribution is 0.163. The van der Waals surface area contributed by atoms with Gasteiger partial charge >= 0.3 is 0 Å². The molecule has 1 unspecified atom stereocenters. The first kappa shape index (κ1) is 10.9. The molecule has 1 heterocycles. The van der Waals surface area contributed by atoms with Crippen molar-refractivity contribution in [2.24, 2.45) is 7.05 Å². The van der Waals surface area contributed by atoms with Gasteiger partial charge < -0.3 is 9.67 Å². The molecule has 0 saturated heterocycles. The third kappa shape index (κ3) is 2.70. The summed E-state index contributed by atoms with van der Waals surface area (Å²) in [6, 6.07) is 10.2. The fourth-order valence-corrected chi connectivity index (χ4v) is 1.70. The van der Waals surface area contributed by atoms with Crippen LogP contribution in [0.1, 0.15) is 23.8 Å². The smallest absolute Gasteiger partial charge is 0.0978 e. The van der Waals surface area contributed by atoms with Gasteiger partial charge in [0.15, 0.2) is 0 Å². The summed E-state index contributed by atoms with van der Waals surface area (Å²) in [5.74, 6) is 0. The Kier molecular flexibility index (Phi) is 3.37. The van der Waals surface area contributed by atoms with Crippen LogP contribution in [0.4, 0.5) is 0 Å². The maximum atomic E-state index is 9.92. The molecule has 2 rings (SSSR count). The van der Waals surface area contributed by atoms with E-state index < -0.39 is 6.10 Å². The van der Waals surface area contributed by atoms with Crippen molar-refractivity contribution in [1.82, 2.24) is 9.55 Å². The maximum Gasteiger partial charge on any atom is 0.0978 e. The second-order valence-electron chi connectivity index (χ2n) is 4.00. The molecule has 0 bridgehead atoms.